The predicted octanol–water partition coefficient (Wildman–Crippen LogP) is 0.512. The molecule has 1 aliphatic rings. The lowest BCUT2D eigenvalue weighted by Gasteiger charge is -2.14. The Bertz CT molecular complexity index is 470. The van der Waals surface area contributed by atoms with Crippen molar-refractivity contribution < 1.29 is 9.90 Å². The van der Waals surface area contributed by atoms with Crippen LogP contribution in [0.25, 0.3) is 0 Å². The molecule has 88 valence electrons. The van der Waals surface area contributed by atoms with Crippen LogP contribution in [0.15, 0.2) is 12.3 Å². The molecule has 0 spiro atoms. The molecule has 1 unspecified atom stereocenters. The largest absolute Gasteiger partial charge is 0.465 e. The van der Waals surface area contributed by atoms with Gasteiger partial charge in [-0.1, -0.05) is 0 Å². The normalized spacial score (nSPS) is 18.8. The molecule has 1 amide bonds. The molecule has 1 aromatic heterocycles. The zero-order valence-corrected chi connectivity index (χ0v) is 9.00. The first-order valence-corrected chi connectivity index (χ1v) is 5.16. The van der Waals surface area contributed by atoms with Crippen molar-refractivity contribution >= 4 is 11.9 Å². The SMILES string of the molecule is N#Cc1nccc(NC2CCN(C(=O)O)C2)n1. The summed E-state index contributed by atoms with van der Waals surface area (Å²) in [4.78, 5) is 19.8. The molecule has 1 aromatic rings. The molecule has 0 radical (unpaired) electrons. The Morgan fingerprint density at radius 1 is 1.71 bits per heavy atom. The van der Waals surface area contributed by atoms with Gasteiger partial charge in [-0.3, -0.25) is 0 Å². The maximum atomic E-state index is 10.7. The van der Waals surface area contributed by atoms with Crippen LogP contribution in [-0.2, 0) is 0 Å². The molecule has 2 N–H and O–H groups in total. The van der Waals surface area contributed by atoms with E-state index in [1.165, 1.54) is 11.1 Å². The summed E-state index contributed by atoms with van der Waals surface area (Å²) in [5.41, 5.74) is 0. The number of nitrogens with one attached hydrogen (secondary N) is 1. The molecule has 0 aliphatic carbocycles. The van der Waals surface area contributed by atoms with Gasteiger partial charge in [-0.25, -0.2) is 14.8 Å². The Morgan fingerprint density at radius 2 is 2.53 bits per heavy atom. The average molecular weight is 233 g/mol. The minimum absolute atomic E-state index is 0.0348. The van der Waals surface area contributed by atoms with E-state index in [-0.39, 0.29) is 11.9 Å². The second-order valence-corrected chi connectivity index (χ2v) is 3.74. The van der Waals surface area contributed by atoms with Gasteiger partial charge in [0.1, 0.15) is 11.9 Å². The van der Waals surface area contributed by atoms with E-state index >= 15 is 0 Å². The van der Waals surface area contributed by atoms with Crippen LogP contribution in [0.3, 0.4) is 0 Å². The number of nitrogens with zero attached hydrogens (tertiary/aromatic N) is 4. The van der Waals surface area contributed by atoms with Crippen LogP contribution in [-0.4, -0.2) is 45.2 Å². The van der Waals surface area contributed by atoms with Crippen molar-refractivity contribution in [1.82, 2.24) is 14.9 Å². The van der Waals surface area contributed by atoms with Gasteiger partial charge in [-0.05, 0) is 12.5 Å². The molecule has 0 saturated carbocycles. The van der Waals surface area contributed by atoms with Crippen molar-refractivity contribution in [2.45, 2.75) is 12.5 Å². The summed E-state index contributed by atoms with van der Waals surface area (Å²) in [5.74, 6) is 0.650. The number of carbonyl (C=O) groups is 1. The second-order valence-electron chi connectivity index (χ2n) is 3.74. The molecule has 2 heterocycles. The van der Waals surface area contributed by atoms with Gasteiger partial charge in [-0.2, -0.15) is 5.26 Å². The van der Waals surface area contributed by atoms with E-state index in [1.807, 2.05) is 6.07 Å². The number of rotatable bonds is 2. The van der Waals surface area contributed by atoms with Crippen LogP contribution in [0, 0.1) is 11.3 Å². The Hall–Kier alpha value is -2.36. The third-order valence-corrected chi connectivity index (χ3v) is 2.57. The first kappa shape index (κ1) is 11.1. The number of hydrogen-bond acceptors (Lipinski definition) is 5. The third-order valence-electron chi connectivity index (χ3n) is 2.57. The Morgan fingerprint density at radius 3 is 3.18 bits per heavy atom. The number of anilines is 1. The lowest BCUT2D eigenvalue weighted by atomic mass is 10.2. The second kappa shape index (κ2) is 4.65. The third kappa shape index (κ3) is 2.60. The molecular formula is C10H11N5O2. The summed E-state index contributed by atoms with van der Waals surface area (Å²) in [7, 11) is 0. The maximum absolute atomic E-state index is 10.7. The van der Waals surface area contributed by atoms with Gasteiger partial charge in [0.15, 0.2) is 0 Å². The maximum Gasteiger partial charge on any atom is 0.407 e. The zero-order chi connectivity index (χ0) is 12.3. The summed E-state index contributed by atoms with van der Waals surface area (Å²) < 4.78 is 0. The van der Waals surface area contributed by atoms with E-state index in [1.54, 1.807) is 6.07 Å². The Kier molecular flexibility index (Phi) is 3.05. The fourth-order valence-corrected chi connectivity index (χ4v) is 1.75. The lowest BCUT2D eigenvalue weighted by molar-refractivity contribution is 0.155. The van der Waals surface area contributed by atoms with E-state index in [2.05, 4.69) is 15.3 Å². The Balaban J connectivity index is 1.98. The van der Waals surface area contributed by atoms with Gasteiger partial charge in [-0.15, -0.1) is 0 Å². The van der Waals surface area contributed by atoms with Crippen LogP contribution < -0.4 is 5.32 Å². The van der Waals surface area contributed by atoms with E-state index in [0.29, 0.717) is 18.9 Å². The van der Waals surface area contributed by atoms with Crippen molar-refractivity contribution in [2.75, 3.05) is 18.4 Å². The highest BCUT2D eigenvalue weighted by Crippen LogP contribution is 2.14. The fraction of sp³-hybridized carbons (Fsp3) is 0.400. The van der Waals surface area contributed by atoms with E-state index in [4.69, 9.17) is 10.4 Å². The topological polar surface area (TPSA) is 102 Å². The smallest absolute Gasteiger partial charge is 0.407 e. The molecule has 1 atom stereocenters. The fourth-order valence-electron chi connectivity index (χ4n) is 1.75. The minimum atomic E-state index is -0.908. The molecule has 0 bridgehead atoms. The van der Waals surface area contributed by atoms with E-state index in [0.717, 1.165) is 6.42 Å². The molecular weight excluding hydrogens is 222 g/mol. The summed E-state index contributed by atoms with van der Waals surface area (Å²) in [5, 5.41) is 20.6. The van der Waals surface area contributed by atoms with Crippen molar-refractivity contribution in [1.29, 1.82) is 5.26 Å². The summed E-state index contributed by atoms with van der Waals surface area (Å²) >= 11 is 0. The molecule has 7 nitrogen and oxygen atoms in total. The van der Waals surface area contributed by atoms with Gasteiger partial charge in [0, 0.05) is 25.3 Å². The summed E-state index contributed by atoms with van der Waals surface area (Å²) in [6.45, 7) is 0.949. The van der Waals surface area contributed by atoms with Crippen LogP contribution in [0.1, 0.15) is 12.2 Å². The van der Waals surface area contributed by atoms with E-state index < -0.39 is 6.09 Å². The van der Waals surface area contributed by atoms with E-state index in [9.17, 15) is 4.79 Å². The molecule has 7 heteroatoms. The summed E-state index contributed by atoms with van der Waals surface area (Å²) in [6.07, 6.45) is 1.32. The lowest BCUT2D eigenvalue weighted by Crippen LogP contribution is -2.30. The monoisotopic (exact) mass is 233 g/mol. The molecule has 1 fully saturated rings. The van der Waals surface area contributed by atoms with Gasteiger partial charge < -0.3 is 15.3 Å². The van der Waals surface area contributed by atoms with Gasteiger partial charge >= 0.3 is 6.09 Å². The van der Waals surface area contributed by atoms with Crippen LogP contribution in [0.4, 0.5) is 10.6 Å². The number of likely N-dealkylation sites (tertiary alicyclic amines) is 1. The molecule has 17 heavy (non-hydrogen) atoms. The summed E-state index contributed by atoms with van der Waals surface area (Å²) in [6, 6.07) is 3.54. The number of hydrogen-bond donors (Lipinski definition) is 2. The number of carboxylic acid groups (broad SMARTS) is 1. The highest BCUT2D eigenvalue weighted by atomic mass is 16.4. The highest BCUT2D eigenvalue weighted by Gasteiger charge is 2.25. The van der Waals surface area contributed by atoms with Crippen molar-refractivity contribution in [3.8, 4) is 6.07 Å². The first-order chi connectivity index (χ1) is 8.19. The number of aromatic nitrogens is 2. The standard InChI is InChI=1S/C10H11N5O2/c11-5-9-12-3-1-8(14-9)13-7-2-4-15(6-7)10(16)17/h1,3,7H,2,4,6H2,(H,16,17)(H,12,13,14). The molecule has 1 saturated heterocycles. The van der Waals surface area contributed by atoms with Crippen molar-refractivity contribution in [3.05, 3.63) is 18.1 Å². The number of nitriles is 1. The number of amides is 1. The average Bonchev–Trinajstić information content (AvgIpc) is 2.78. The van der Waals surface area contributed by atoms with Crippen molar-refractivity contribution in [2.24, 2.45) is 0 Å². The predicted molar refractivity (Wildman–Crippen MR) is 58.4 cm³/mol. The van der Waals surface area contributed by atoms with Crippen LogP contribution in [0.5, 0.6) is 0 Å². The minimum Gasteiger partial charge on any atom is -0.465 e. The van der Waals surface area contributed by atoms with Gasteiger partial charge in [0.2, 0.25) is 5.82 Å². The zero-order valence-electron chi connectivity index (χ0n) is 9.00. The van der Waals surface area contributed by atoms with Crippen LogP contribution in [0.2, 0.25) is 0 Å². The molecule has 0 aromatic carbocycles. The highest BCUT2D eigenvalue weighted by molar-refractivity contribution is 5.65. The molecule has 1 aliphatic heterocycles. The van der Waals surface area contributed by atoms with Gasteiger partial charge in [0.25, 0.3) is 0 Å². The van der Waals surface area contributed by atoms with Gasteiger partial charge in [0.05, 0.1) is 0 Å². The van der Waals surface area contributed by atoms with Crippen molar-refractivity contribution in [3.63, 3.8) is 0 Å². The Labute approximate surface area is 97.7 Å². The quantitative estimate of drug-likeness (QED) is 0.771. The van der Waals surface area contributed by atoms with Crippen LogP contribution >= 0.6 is 0 Å². The first-order valence-electron chi connectivity index (χ1n) is 5.16. The molecule has 2 rings (SSSR count).